The number of para-hydroxylation sites is 2. The number of thiocarbonyl (C=S) groups is 1. The lowest BCUT2D eigenvalue weighted by Crippen LogP contribution is -2.45. The number of carbonyl (C=O) groups excluding carboxylic acids is 1. The van der Waals surface area contributed by atoms with E-state index in [9.17, 15) is 4.79 Å². The van der Waals surface area contributed by atoms with Crippen molar-refractivity contribution in [3.05, 3.63) is 71.8 Å². The number of nitrogens with zero attached hydrogens (tertiary/aromatic N) is 3. The van der Waals surface area contributed by atoms with Gasteiger partial charge >= 0.3 is 0 Å². The van der Waals surface area contributed by atoms with E-state index < -0.39 is 0 Å². The monoisotopic (exact) mass is 490 g/mol. The number of aromatic nitrogens is 3. The molecule has 170 valence electrons. The number of benzene rings is 3. The van der Waals surface area contributed by atoms with Crippen LogP contribution in [0.5, 0.6) is 5.75 Å². The van der Waals surface area contributed by atoms with E-state index in [1.54, 1.807) is 13.2 Å². The molecule has 0 saturated heterocycles. The van der Waals surface area contributed by atoms with Crippen LogP contribution in [0.25, 0.3) is 33.1 Å². The second kappa shape index (κ2) is 9.12. The molecule has 8 nitrogen and oxygen atoms in total. The van der Waals surface area contributed by atoms with E-state index in [1.807, 2.05) is 65.2 Å². The third-order valence-electron chi connectivity index (χ3n) is 5.28. The molecule has 0 fully saturated rings. The molecule has 3 aromatic carbocycles. The summed E-state index contributed by atoms with van der Waals surface area (Å²) < 4.78 is 6.96. The van der Waals surface area contributed by atoms with Crippen LogP contribution in [0.4, 0.5) is 5.69 Å². The number of ether oxygens (including phenoxy) is 1. The molecule has 0 radical (unpaired) electrons. The van der Waals surface area contributed by atoms with Crippen molar-refractivity contribution in [1.29, 1.82) is 0 Å². The van der Waals surface area contributed by atoms with Gasteiger partial charge in [0.15, 0.2) is 10.8 Å². The van der Waals surface area contributed by atoms with Crippen LogP contribution in [0.1, 0.15) is 0 Å². The molecule has 2 heterocycles. The molecular weight excluding hydrogens is 472 g/mol. The highest BCUT2D eigenvalue weighted by molar-refractivity contribution is 7.80. The summed E-state index contributed by atoms with van der Waals surface area (Å²) in [6.45, 7) is 0.00675. The number of rotatable bonds is 4. The first-order valence-corrected chi connectivity index (χ1v) is 11.1. The summed E-state index contributed by atoms with van der Waals surface area (Å²) in [7, 11) is 1.60. The van der Waals surface area contributed by atoms with Crippen LogP contribution in [-0.4, -0.2) is 32.7 Å². The average Bonchev–Trinajstić information content (AvgIpc) is 3.13. The van der Waals surface area contributed by atoms with E-state index in [0.717, 1.165) is 33.4 Å². The molecule has 0 unspecified atom stereocenters. The fourth-order valence-corrected chi connectivity index (χ4v) is 4.05. The number of hydrogen-bond acceptors (Lipinski definition) is 5. The van der Waals surface area contributed by atoms with Crippen LogP contribution in [0.3, 0.4) is 0 Å². The lowest BCUT2D eigenvalue weighted by molar-refractivity contribution is -0.122. The maximum Gasteiger partial charge on any atom is 0.258 e. The molecule has 0 aliphatic rings. The van der Waals surface area contributed by atoms with E-state index in [0.29, 0.717) is 16.2 Å². The Morgan fingerprint density at radius 2 is 1.76 bits per heavy atom. The Balaban J connectivity index is 1.37. The number of carbonyl (C=O) groups is 1. The highest BCUT2D eigenvalue weighted by Gasteiger charge is 2.17. The highest BCUT2D eigenvalue weighted by atomic mass is 35.5. The molecule has 0 spiro atoms. The molecule has 34 heavy (non-hydrogen) atoms. The molecule has 0 aliphatic carbocycles. The van der Waals surface area contributed by atoms with Gasteiger partial charge in [0.25, 0.3) is 5.91 Å². The van der Waals surface area contributed by atoms with Crippen molar-refractivity contribution in [2.75, 3.05) is 12.4 Å². The Bertz CT molecular complexity index is 1550. The van der Waals surface area contributed by atoms with E-state index >= 15 is 0 Å². The van der Waals surface area contributed by atoms with Gasteiger partial charge in [-0.15, -0.1) is 0 Å². The van der Waals surface area contributed by atoms with Crippen molar-refractivity contribution in [3.63, 3.8) is 0 Å². The van der Waals surface area contributed by atoms with Gasteiger partial charge in [-0.3, -0.25) is 15.6 Å². The van der Waals surface area contributed by atoms with Gasteiger partial charge < -0.3 is 14.6 Å². The first-order chi connectivity index (χ1) is 16.5. The second-order valence-electron chi connectivity index (χ2n) is 7.49. The summed E-state index contributed by atoms with van der Waals surface area (Å²) in [6, 6.07) is 20.4. The van der Waals surface area contributed by atoms with Crippen molar-refractivity contribution in [2.45, 2.75) is 6.54 Å². The molecular formula is C24H19ClN6O2S. The molecule has 0 atom stereocenters. The number of anilines is 1. The lowest BCUT2D eigenvalue weighted by atomic mass is 10.2. The maximum absolute atomic E-state index is 12.8. The fourth-order valence-electron chi connectivity index (χ4n) is 3.71. The zero-order valence-corrected chi connectivity index (χ0v) is 19.6. The Hall–Kier alpha value is -3.95. The van der Waals surface area contributed by atoms with Crippen LogP contribution in [0.15, 0.2) is 66.7 Å². The number of hydrazine groups is 1. The summed E-state index contributed by atoms with van der Waals surface area (Å²) in [5.41, 5.74) is 9.73. The molecule has 0 bridgehead atoms. The van der Waals surface area contributed by atoms with Crippen LogP contribution in [0.2, 0.25) is 5.02 Å². The average molecular weight is 491 g/mol. The normalized spacial score (nSPS) is 11.0. The third-order valence-corrected chi connectivity index (χ3v) is 5.72. The highest BCUT2D eigenvalue weighted by Crippen LogP contribution is 2.30. The van der Waals surface area contributed by atoms with Crippen molar-refractivity contribution in [3.8, 4) is 5.75 Å². The molecule has 1 amide bonds. The van der Waals surface area contributed by atoms with Crippen molar-refractivity contribution in [2.24, 2.45) is 0 Å². The number of hydrogen-bond donors (Lipinski definition) is 3. The lowest BCUT2D eigenvalue weighted by Gasteiger charge is -2.13. The Morgan fingerprint density at radius 3 is 2.50 bits per heavy atom. The zero-order chi connectivity index (χ0) is 23.7. The molecule has 0 aliphatic heterocycles. The third kappa shape index (κ3) is 4.30. The Kier molecular flexibility index (Phi) is 5.87. The summed E-state index contributed by atoms with van der Waals surface area (Å²) in [5, 5.41) is 4.67. The molecule has 5 aromatic rings. The second-order valence-corrected chi connectivity index (χ2v) is 8.33. The largest absolute Gasteiger partial charge is 0.497 e. The molecule has 0 saturated carbocycles. The quantitative estimate of drug-likeness (QED) is 0.254. The fraction of sp³-hybridized carbons (Fsp3) is 0.0833. The van der Waals surface area contributed by atoms with Gasteiger partial charge in [0.1, 0.15) is 17.8 Å². The first-order valence-electron chi connectivity index (χ1n) is 10.4. The Morgan fingerprint density at radius 1 is 1.03 bits per heavy atom. The van der Waals surface area contributed by atoms with Gasteiger partial charge in [-0.05, 0) is 66.8 Å². The SMILES string of the molecule is COc1ccc(NC(=S)NNC(=O)Cn2c3ccc(Cl)cc3c3nc4ccccc4nc32)cc1. The van der Waals surface area contributed by atoms with Gasteiger partial charge in [-0.2, -0.15) is 0 Å². The molecule has 2 aromatic heterocycles. The van der Waals surface area contributed by atoms with E-state index in [4.69, 9.17) is 38.5 Å². The van der Waals surface area contributed by atoms with Gasteiger partial charge in [-0.1, -0.05) is 23.7 Å². The van der Waals surface area contributed by atoms with Crippen LogP contribution < -0.4 is 20.9 Å². The van der Waals surface area contributed by atoms with Crippen molar-refractivity contribution >= 4 is 73.6 Å². The summed E-state index contributed by atoms with van der Waals surface area (Å²) in [5.74, 6) is 0.434. The zero-order valence-electron chi connectivity index (χ0n) is 18.0. The van der Waals surface area contributed by atoms with Gasteiger partial charge in [-0.25, -0.2) is 9.97 Å². The van der Waals surface area contributed by atoms with Crippen LogP contribution in [0, 0.1) is 0 Å². The standard InChI is InChI=1S/C24H19ClN6O2S/c1-33-16-9-7-15(8-10-16)26-24(34)30-29-21(32)13-31-20-11-6-14(25)12-17(20)22-23(31)28-19-5-3-2-4-18(19)27-22/h2-12H,13H2,1H3,(H,29,32)(H2,26,30,34). The van der Waals surface area contributed by atoms with Crippen molar-refractivity contribution < 1.29 is 9.53 Å². The minimum absolute atomic E-state index is 0.00675. The van der Waals surface area contributed by atoms with Gasteiger partial charge in [0, 0.05) is 16.1 Å². The molecule has 10 heteroatoms. The predicted octanol–water partition coefficient (Wildman–Crippen LogP) is 4.42. The topological polar surface area (TPSA) is 93.1 Å². The van der Waals surface area contributed by atoms with Crippen molar-refractivity contribution in [1.82, 2.24) is 25.4 Å². The minimum Gasteiger partial charge on any atom is -0.497 e. The van der Waals surface area contributed by atoms with Gasteiger partial charge in [0.2, 0.25) is 0 Å². The van der Waals surface area contributed by atoms with E-state index in [2.05, 4.69) is 16.2 Å². The minimum atomic E-state index is -0.303. The summed E-state index contributed by atoms with van der Waals surface area (Å²) in [4.78, 5) is 22.3. The van der Waals surface area contributed by atoms with Crippen LogP contribution in [-0.2, 0) is 11.3 Å². The number of halogens is 1. The van der Waals surface area contributed by atoms with E-state index in [1.165, 1.54) is 0 Å². The number of amides is 1. The van der Waals surface area contributed by atoms with Crippen LogP contribution >= 0.6 is 23.8 Å². The summed E-state index contributed by atoms with van der Waals surface area (Å²) in [6.07, 6.45) is 0. The Labute approximate surface area is 204 Å². The first kappa shape index (κ1) is 21.9. The van der Waals surface area contributed by atoms with E-state index in [-0.39, 0.29) is 17.6 Å². The molecule has 3 N–H and O–H groups in total. The predicted molar refractivity (Wildman–Crippen MR) is 138 cm³/mol. The summed E-state index contributed by atoms with van der Waals surface area (Å²) >= 11 is 11.5. The molecule has 5 rings (SSSR count). The van der Waals surface area contributed by atoms with Gasteiger partial charge in [0.05, 0.1) is 23.7 Å². The number of fused-ring (bicyclic) bond motifs is 4. The number of methoxy groups -OCH3 is 1. The smallest absolute Gasteiger partial charge is 0.258 e. The maximum atomic E-state index is 12.8. The number of nitrogens with one attached hydrogen (secondary N) is 3.